The third-order valence-electron chi connectivity index (χ3n) is 5.84. The number of thiazole rings is 1. The predicted molar refractivity (Wildman–Crippen MR) is 145 cm³/mol. The summed E-state index contributed by atoms with van der Waals surface area (Å²) in [6, 6.07) is 9.04. The summed E-state index contributed by atoms with van der Waals surface area (Å²) in [5, 5.41) is 0.520. The molecule has 5 rings (SSSR count). The number of nitrogens with zero attached hydrogens (tertiary/aromatic N) is 5. The van der Waals surface area contributed by atoms with Crippen LogP contribution in [-0.2, 0) is 19.6 Å². The van der Waals surface area contributed by atoms with E-state index in [4.69, 9.17) is 4.74 Å². The number of esters is 1. The zero-order valence-electron chi connectivity index (χ0n) is 21.4. The normalized spacial score (nSPS) is 13.2. The molecule has 38 heavy (non-hydrogen) atoms. The number of carbonyl (C=O) groups is 1. The lowest BCUT2D eigenvalue weighted by molar-refractivity contribution is -0.158. The molecule has 0 saturated heterocycles. The quantitative estimate of drug-likeness (QED) is 0.296. The summed E-state index contributed by atoms with van der Waals surface area (Å²) >= 11 is 0.919. The highest BCUT2D eigenvalue weighted by Crippen LogP contribution is 2.32. The molecule has 5 aromatic rings. The highest BCUT2D eigenvalue weighted by Gasteiger charge is 2.28. The van der Waals surface area contributed by atoms with Gasteiger partial charge < -0.3 is 4.74 Å². The average molecular weight is 552 g/mol. The number of benzene rings is 1. The summed E-state index contributed by atoms with van der Waals surface area (Å²) in [5.74, 6) is -0.374. The van der Waals surface area contributed by atoms with Crippen LogP contribution in [0.3, 0.4) is 0 Å². The Morgan fingerprint density at radius 2 is 1.79 bits per heavy atom. The van der Waals surface area contributed by atoms with E-state index in [0.29, 0.717) is 15.6 Å². The number of hydrogen-bond donors (Lipinski definition) is 0. The first-order valence-electron chi connectivity index (χ1n) is 11.8. The molecule has 0 radical (unpaired) electrons. The Hall–Kier alpha value is -3.90. The lowest BCUT2D eigenvalue weighted by atomic mass is 10.2. The van der Waals surface area contributed by atoms with Gasteiger partial charge in [-0.15, -0.1) is 0 Å². The molecule has 10 nitrogen and oxygen atoms in total. The molecule has 4 aromatic heterocycles. The van der Waals surface area contributed by atoms with E-state index in [2.05, 4.69) is 15.0 Å². The molecule has 0 bridgehead atoms. The first kappa shape index (κ1) is 25.7. The van der Waals surface area contributed by atoms with Crippen LogP contribution < -0.4 is 4.87 Å². The Kier molecular flexibility index (Phi) is 6.19. The van der Waals surface area contributed by atoms with Gasteiger partial charge in [0.15, 0.2) is 17.1 Å². The average Bonchev–Trinajstić information content (AvgIpc) is 3.40. The molecule has 0 aliphatic carbocycles. The van der Waals surface area contributed by atoms with Gasteiger partial charge in [-0.05, 0) is 58.9 Å². The second-order valence-corrected chi connectivity index (χ2v) is 12.7. The van der Waals surface area contributed by atoms with E-state index >= 15 is 0 Å². The molecule has 0 spiro atoms. The van der Waals surface area contributed by atoms with Crippen molar-refractivity contribution in [1.29, 1.82) is 0 Å². The zero-order chi connectivity index (χ0) is 27.4. The van der Waals surface area contributed by atoms with Crippen molar-refractivity contribution in [2.45, 2.75) is 51.2 Å². The van der Waals surface area contributed by atoms with Crippen molar-refractivity contribution < 1.29 is 17.9 Å². The van der Waals surface area contributed by atoms with Crippen LogP contribution in [0, 0.1) is 6.92 Å². The second kappa shape index (κ2) is 9.14. The minimum absolute atomic E-state index is 0.117. The Labute approximate surface area is 222 Å². The number of aryl methyl sites for hydroxylation is 1. The van der Waals surface area contributed by atoms with Crippen molar-refractivity contribution >= 4 is 48.7 Å². The number of hydrogen-bond acceptors (Lipinski definition) is 9. The zero-order valence-corrected chi connectivity index (χ0v) is 23.0. The minimum atomic E-state index is -3.97. The van der Waals surface area contributed by atoms with E-state index in [9.17, 15) is 18.0 Å². The SMILES string of the molecule is Cc1ccc(S(=O)(=O)n2cc(-c3ncc4sc(=O)n(C(C)C(=O)OC(C)(C)C)c4n3)c3cccnc32)cc1. The first-order valence-corrected chi connectivity index (χ1v) is 14.0. The molecule has 1 atom stereocenters. The highest BCUT2D eigenvalue weighted by molar-refractivity contribution is 7.90. The third-order valence-corrected chi connectivity index (χ3v) is 8.39. The molecule has 12 heteroatoms. The highest BCUT2D eigenvalue weighted by atomic mass is 32.2. The molecule has 0 N–H and O–H groups in total. The van der Waals surface area contributed by atoms with Crippen LogP contribution in [0.5, 0.6) is 0 Å². The van der Waals surface area contributed by atoms with Crippen molar-refractivity contribution in [2.24, 2.45) is 0 Å². The Morgan fingerprint density at radius 1 is 1.08 bits per heavy atom. The predicted octanol–water partition coefficient (Wildman–Crippen LogP) is 4.32. The van der Waals surface area contributed by atoms with Crippen molar-refractivity contribution in [3.8, 4) is 11.4 Å². The molecule has 0 aliphatic heterocycles. The van der Waals surface area contributed by atoms with Gasteiger partial charge in [-0.25, -0.2) is 32.1 Å². The van der Waals surface area contributed by atoms with Crippen molar-refractivity contribution in [2.75, 3.05) is 0 Å². The molecule has 0 amide bonds. The molecular weight excluding hydrogens is 526 g/mol. The van der Waals surface area contributed by atoms with Gasteiger partial charge in [0.05, 0.1) is 15.8 Å². The van der Waals surface area contributed by atoms with E-state index in [1.165, 1.54) is 23.2 Å². The van der Waals surface area contributed by atoms with Gasteiger partial charge in [-0.1, -0.05) is 29.0 Å². The van der Waals surface area contributed by atoms with Crippen LogP contribution in [-0.4, -0.2) is 43.5 Å². The van der Waals surface area contributed by atoms with Crippen molar-refractivity contribution in [3.63, 3.8) is 0 Å². The lowest BCUT2D eigenvalue weighted by Gasteiger charge is -2.22. The first-order chi connectivity index (χ1) is 17.9. The van der Waals surface area contributed by atoms with Crippen LogP contribution >= 0.6 is 11.3 Å². The van der Waals surface area contributed by atoms with Crippen molar-refractivity contribution in [1.82, 2.24) is 23.5 Å². The molecule has 196 valence electrons. The van der Waals surface area contributed by atoms with Gasteiger partial charge in [0, 0.05) is 23.3 Å². The third kappa shape index (κ3) is 4.50. The fraction of sp³-hybridized carbons (Fsp3) is 0.269. The van der Waals surface area contributed by atoms with Gasteiger partial charge >= 0.3 is 10.8 Å². The van der Waals surface area contributed by atoms with Crippen LogP contribution in [0.1, 0.15) is 39.3 Å². The van der Waals surface area contributed by atoms with Crippen LogP contribution in [0.2, 0.25) is 0 Å². The maximum Gasteiger partial charge on any atom is 0.329 e. The van der Waals surface area contributed by atoms with Crippen LogP contribution in [0.15, 0.2) is 64.7 Å². The molecule has 1 unspecified atom stereocenters. The van der Waals surface area contributed by atoms with Crippen LogP contribution in [0.25, 0.3) is 32.8 Å². The molecule has 1 aromatic carbocycles. The number of fused-ring (bicyclic) bond motifs is 2. The minimum Gasteiger partial charge on any atom is -0.458 e. The summed E-state index contributed by atoms with van der Waals surface area (Å²) in [6.07, 6.45) is 4.44. The van der Waals surface area contributed by atoms with Gasteiger partial charge in [-0.2, -0.15) is 0 Å². The largest absolute Gasteiger partial charge is 0.458 e. The Morgan fingerprint density at radius 3 is 2.47 bits per heavy atom. The molecule has 0 fully saturated rings. The van der Waals surface area contributed by atoms with Gasteiger partial charge in [0.2, 0.25) is 0 Å². The van der Waals surface area contributed by atoms with Crippen LogP contribution in [0.4, 0.5) is 0 Å². The van der Waals surface area contributed by atoms with E-state index in [-0.39, 0.29) is 26.9 Å². The number of aromatic nitrogens is 5. The topological polar surface area (TPSA) is 126 Å². The van der Waals surface area contributed by atoms with E-state index in [1.54, 1.807) is 64.1 Å². The number of carbonyl (C=O) groups excluding carboxylic acids is 1. The van der Waals surface area contributed by atoms with Gasteiger partial charge in [0.25, 0.3) is 10.0 Å². The monoisotopic (exact) mass is 551 g/mol. The van der Waals surface area contributed by atoms with E-state index in [1.807, 2.05) is 6.92 Å². The summed E-state index contributed by atoms with van der Waals surface area (Å²) in [4.78, 5) is 38.7. The van der Waals surface area contributed by atoms with E-state index in [0.717, 1.165) is 20.9 Å². The van der Waals surface area contributed by atoms with Gasteiger partial charge in [-0.3, -0.25) is 9.36 Å². The maximum absolute atomic E-state index is 13.5. The molecule has 0 saturated carbocycles. The summed E-state index contributed by atoms with van der Waals surface area (Å²) in [6.45, 7) is 8.71. The fourth-order valence-corrected chi connectivity index (χ4v) is 6.21. The lowest BCUT2D eigenvalue weighted by Crippen LogP contribution is -2.32. The van der Waals surface area contributed by atoms with E-state index < -0.39 is 27.6 Å². The molecule has 4 heterocycles. The fourth-order valence-electron chi connectivity index (χ4n) is 4.02. The number of ether oxygens (including phenoxy) is 1. The molecular formula is C26H25N5O5S2. The van der Waals surface area contributed by atoms with Crippen molar-refractivity contribution in [3.05, 3.63) is 70.2 Å². The maximum atomic E-state index is 13.5. The summed E-state index contributed by atoms with van der Waals surface area (Å²) < 4.78 is 35.4. The second-order valence-electron chi connectivity index (χ2n) is 9.86. The standard InChI is InChI=1S/C26H25N5O5S2/c1-15-8-10-17(11-9-15)38(34,35)30-14-19(18-7-6-12-27-22(18)30)21-28-13-20-23(29-21)31(25(33)37-20)16(2)24(32)36-26(3,4)5/h6-14,16H,1-5H3. The summed E-state index contributed by atoms with van der Waals surface area (Å²) in [7, 11) is -3.97. The van der Waals surface area contributed by atoms with Gasteiger partial charge in [0.1, 0.15) is 11.6 Å². The smallest absolute Gasteiger partial charge is 0.329 e. The number of rotatable bonds is 5. The number of pyridine rings is 1. The summed E-state index contributed by atoms with van der Waals surface area (Å²) in [5.41, 5.74) is 1.11. The molecule has 0 aliphatic rings. The Balaban J connectivity index is 1.67. The Bertz CT molecular complexity index is 1860.